The molecule has 15 heavy (non-hydrogen) atoms. The molecule has 0 unspecified atom stereocenters. The van der Waals surface area contributed by atoms with Crippen molar-refractivity contribution in [2.24, 2.45) is 11.6 Å². The molecule has 0 radical (unpaired) electrons. The van der Waals surface area contributed by atoms with Gasteiger partial charge in [-0.2, -0.15) is 0 Å². The summed E-state index contributed by atoms with van der Waals surface area (Å²) >= 11 is 0. The predicted octanol–water partition coefficient (Wildman–Crippen LogP) is 1.86. The van der Waals surface area contributed by atoms with Gasteiger partial charge in [0, 0.05) is 6.54 Å². The molecule has 0 amide bonds. The van der Waals surface area contributed by atoms with Gasteiger partial charge in [-0.15, -0.1) is 0 Å². The number of piperidine rings is 1. The van der Waals surface area contributed by atoms with Crippen LogP contribution in [0.5, 0.6) is 0 Å². The molecule has 2 heteroatoms. The van der Waals surface area contributed by atoms with Gasteiger partial charge in [0.05, 0.1) is 0 Å². The minimum absolute atomic E-state index is 0.699. The lowest BCUT2D eigenvalue weighted by Gasteiger charge is -2.31. The van der Waals surface area contributed by atoms with Crippen LogP contribution in [0.4, 0.5) is 0 Å². The molecule has 2 N–H and O–H groups in total. The van der Waals surface area contributed by atoms with Crippen LogP contribution < -0.4 is 5.73 Å². The molecular weight excluding hydrogens is 184 g/mol. The van der Waals surface area contributed by atoms with Crippen molar-refractivity contribution in [2.45, 2.75) is 19.4 Å². The Balaban J connectivity index is 1.77. The molecule has 1 aromatic carbocycles. The maximum atomic E-state index is 7.00. The second-order valence-corrected chi connectivity index (χ2v) is 4.41. The maximum Gasteiger partial charge on any atom is 0.118 e. The summed E-state index contributed by atoms with van der Waals surface area (Å²) in [6.45, 7) is 4.25. The SMILES string of the molecule is [2H]NCC1CCN(Cc2ccccc2)CC1. The Morgan fingerprint density at radius 1 is 1.27 bits per heavy atom. The summed E-state index contributed by atoms with van der Waals surface area (Å²) in [5.74, 6) is 0.699. The molecule has 1 aliphatic rings. The zero-order valence-corrected chi connectivity index (χ0v) is 9.15. The van der Waals surface area contributed by atoms with E-state index in [0.717, 1.165) is 13.1 Å². The third-order valence-corrected chi connectivity index (χ3v) is 3.24. The highest BCUT2D eigenvalue weighted by Crippen LogP contribution is 2.17. The number of nitrogens with zero attached hydrogens (tertiary/aromatic N) is 1. The van der Waals surface area contributed by atoms with E-state index in [9.17, 15) is 0 Å². The highest BCUT2D eigenvalue weighted by atomic mass is 15.1. The largest absolute Gasteiger partial charge is 0.330 e. The molecule has 1 aliphatic heterocycles. The Kier molecular flexibility index (Phi) is 3.30. The van der Waals surface area contributed by atoms with E-state index in [2.05, 4.69) is 41.0 Å². The summed E-state index contributed by atoms with van der Waals surface area (Å²) in [5.41, 5.74) is 3.94. The van der Waals surface area contributed by atoms with Gasteiger partial charge in [0.1, 0.15) is 1.41 Å². The zero-order valence-electron chi connectivity index (χ0n) is 10.2. The van der Waals surface area contributed by atoms with E-state index in [-0.39, 0.29) is 0 Å². The number of hydrogen-bond donors (Lipinski definition) is 1. The lowest BCUT2D eigenvalue weighted by Crippen LogP contribution is -2.35. The van der Waals surface area contributed by atoms with Gasteiger partial charge in [-0.05, 0) is 44.0 Å². The first kappa shape index (κ1) is 9.37. The van der Waals surface area contributed by atoms with Crippen molar-refractivity contribution in [3.8, 4) is 0 Å². The molecular formula is C13H20N2. The van der Waals surface area contributed by atoms with Crippen LogP contribution in [-0.2, 0) is 6.54 Å². The van der Waals surface area contributed by atoms with Crippen LogP contribution in [0.2, 0.25) is 1.41 Å². The first-order valence-electron chi connectivity index (χ1n) is 6.29. The minimum Gasteiger partial charge on any atom is -0.330 e. The number of rotatable bonds is 4. The summed E-state index contributed by atoms with van der Waals surface area (Å²) in [6.07, 6.45) is 2.44. The van der Waals surface area contributed by atoms with Crippen LogP contribution in [0.25, 0.3) is 0 Å². The molecule has 0 saturated carbocycles. The van der Waals surface area contributed by atoms with Crippen molar-refractivity contribution in [2.75, 3.05) is 19.6 Å². The molecule has 2 rings (SSSR count). The fourth-order valence-electron chi connectivity index (χ4n) is 2.19. The molecule has 2 nitrogen and oxygen atoms in total. The smallest absolute Gasteiger partial charge is 0.118 e. The lowest BCUT2D eigenvalue weighted by atomic mass is 9.97. The summed E-state index contributed by atoms with van der Waals surface area (Å²) in [5, 5.41) is 0. The summed E-state index contributed by atoms with van der Waals surface area (Å²) < 4.78 is 7.00. The van der Waals surface area contributed by atoms with Crippen LogP contribution in [0.3, 0.4) is 0 Å². The second-order valence-electron chi connectivity index (χ2n) is 4.41. The van der Waals surface area contributed by atoms with Gasteiger partial charge in [-0.1, -0.05) is 30.3 Å². The maximum absolute atomic E-state index is 7.00. The first-order chi connectivity index (χ1) is 7.88. The minimum atomic E-state index is 0.699. The van der Waals surface area contributed by atoms with E-state index in [0.29, 0.717) is 5.92 Å². The fourth-order valence-corrected chi connectivity index (χ4v) is 2.19. The molecule has 82 valence electrons. The summed E-state index contributed by atoms with van der Waals surface area (Å²) in [6, 6.07) is 10.7. The predicted molar refractivity (Wildman–Crippen MR) is 63.5 cm³/mol. The topological polar surface area (TPSA) is 29.3 Å². The van der Waals surface area contributed by atoms with Gasteiger partial charge in [0.25, 0.3) is 0 Å². The second kappa shape index (κ2) is 5.29. The number of benzene rings is 1. The van der Waals surface area contributed by atoms with Gasteiger partial charge in [-0.25, -0.2) is 0 Å². The molecule has 1 aromatic rings. The summed E-state index contributed by atoms with van der Waals surface area (Å²) in [4.78, 5) is 2.51. The van der Waals surface area contributed by atoms with Crippen LogP contribution in [0.1, 0.15) is 18.4 Å². The van der Waals surface area contributed by atoms with Crippen LogP contribution in [0.15, 0.2) is 30.3 Å². The van der Waals surface area contributed by atoms with Crippen molar-refractivity contribution >= 4 is 0 Å². The normalized spacial score (nSPS) is 20.1. The van der Waals surface area contributed by atoms with Crippen molar-refractivity contribution in [3.63, 3.8) is 0 Å². The quantitative estimate of drug-likeness (QED) is 0.813. The molecule has 0 aliphatic carbocycles. The van der Waals surface area contributed by atoms with E-state index >= 15 is 0 Å². The molecule has 1 heterocycles. The van der Waals surface area contributed by atoms with E-state index in [1.54, 1.807) is 0 Å². The van der Waals surface area contributed by atoms with Crippen molar-refractivity contribution in [3.05, 3.63) is 35.9 Å². The number of likely N-dealkylation sites (tertiary alicyclic amines) is 1. The van der Waals surface area contributed by atoms with Gasteiger partial charge in [0.15, 0.2) is 0 Å². The van der Waals surface area contributed by atoms with Crippen LogP contribution >= 0.6 is 0 Å². The highest BCUT2D eigenvalue weighted by molar-refractivity contribution is 5.14. The van der Waals surface area contributed by atoms with Gasteiger partial charge in [-0.3, -0.25) is 4.90 Å². The van der Waals surface area contributed by atoms with Crippen LogP contribution in [-0.4, -0.2) is 24.5 Å². The molecule has 1 fully saturated rings. The third-order valence-electron chi connectivity index (χ3n) is 3.24. The van der Waals surface area contributed by atoms with Gasteiger partial charge < -0.3 is 5.73 Å². The van der Waals surface area contributed by atoms with E-state index in [1.807, 2.05) is 0 Å². The Morgan fingerprint density at radius 2 is 2.00 bits per heavy atom. The monoisotopic (exact) mass is 205 g/mol. The molecule has 0 spiro atoms. The zero-order chi connectivity index (χ0) is 11.2. The molecule has 0 aromatic heterocycles. The average Bonchev–Trinajstić information content (AvgIpc) is 2.33. The van der Waals surface area contributed by atoms with E-state index < -0.39 is 0 Å². The van der Waals surface area contributed by atoms with Crippen molar-refractivity contribution in [1.82, 2.24) is 4.90 Å². The first-order valence-corrected chi connectivity index (χ1v) is 5.79. The van der Waals surface area contributed by atoms with Crippen LogP contribution in [0, 0.1) is 5.92 Å². The van der Waals surface area contributed by atoms with E-state index in [4.69, 9.17) is 1.41 Å². The van der Waals surface area contributed by atoms with Crippen molar-refractivity contribution in [1.29, 1.82) is 0 Å². The summed E-state index contributed by atoms with van der Waals surface area (Å²) in [7, 11) is 0. The molecule has 1 saturated heterocycles. The Labute approximate surface area is 93.5 Å². The Morgan fingerprint density at radius 3 is 2.67 bits per heavy atom. The number of hydrogen-bond acceptors (Lipinski definition) is 2. The average molecular weight is 205 g/mol. The van der Waals surface area contributed by atoms with Gasteiger partial charge in [0.2, 0.25) is 0 Å². The number of nitrogens with two attached hydrogens (primary N) is 1. The van der Waals surface area contributed by atoms with Gasteiger partial charge >= 0.3 is 0 Å². The molecule has 0 atom stereocenters. The molecule has 0 bridgehead atoms. The Hall–Kier alpha value is -0.860. The van der Waals surface area contributed by atoms with E-state index in [1.165, 1.54) is 31.5 Å². The van der Waals surface area contributed by atoms with Crippen molar-refractivity contribution < 1.29 is 1.41 Å². The standard InChI is InChI=1S/C13H20N2/c14-10-12-6-8-15(9-7-12)11-13-4-2-1-3-5-13/h1-5,12H,6-11,14H2/i/hD. The highest BCUT2D eigenvalue weighted by Gasteiger charge is 2.17. The Bertz CT molecular complexity index is 294. The third kappa shape index (κ3) is 3.05. The lowest BCUT2D eigenvalue weighted by molar-refractivity contribution is 0.180. The fraction of sp³-hybridized carbons (Fsp3) is 0.538.